The molecule has 2 aromatic rings. The van der Waals surface area contributed by atoms with Gasteiger partial charge in [0.15, 0.2) is 5.13 Å². The van der Waals surface area contributed by atoms with Gasteiger partial charge in [-0.25, -0.2) is 4.98 Å². The third-order valence-corrected chi connectivity index (χ3v) is 4.70. The number of rotatable bonds is 3. The molecule has 0 saturated heterocycles. The van der Waals surface area contributed by atoms with Crippen molar-refractivity contribution in [1.29, 1.82) is 0 Å². The summed E-state index contributed by atoms with van der Waals surface area (Å²) in [4.78, 5) is 8.30. The monoisotopic (exact) mass is 301 g/mol. The van der Waals surface area contributed by atoms with Gasteiger partial charge < -0.3 is 10.2 Å². The first-order valence-electron chi connectivity index (χ1n) is 7.58. The molecular weight excluding hydrogens is 278 g/mol. The first-order valence-corrected chi connectivity index (χ1v) is 8.40. The van der Waals surface area contributed by atoms with Gasteiger partial charge in [0.1, 0.15) is 0 Å². The molecule has 1 aliphatic heterocycles. The molecule has 0 bridgehead atoms. The Morgan fingerprint density at radius 1 is 1.29 bits per heavy atom. The van der Waals surface area contributed by atoms with Crippen molar-refractivity contribution < 1.29 is 0 Å². The van der Waals surface area contributed by atoms with Crippen LogP contribution in [0.15, 0.2) is 30.5 Å². The van der Waals surface area contributed by atoms with E-state index in [0.29, 0.717) is 0 Å². The van der Waals surface area contributed by atoms with E-state index in [-0.39, 0.29) is 5.54 Å². The minimum absolute atomic E-state index is 0.141. The topological polar surface area (TPSA) is 28.2 Å². The molecule has 112 valence electrons. The minimum Gasteiger partial charge on any atom is -0.318 e. The molecule has 0 atom stereocenters. The summed E-state index contributed by atoms with van der Waals surface area (Å²) in [6.45, 7) is 8.52. The van der Waals surface area contributed by atoms with E-state index in [1.807, 2.05) is 6.20 Å². The predicted octanol–water partition coefficient (Wildman–Crippen LogP) is 4.12. The Labute approximate surface area is 131 Å². The smallest absolute Gasteiger partial charge is 0.190 e. The lowest BCUT2D eigenvalue weighted by Gasteiger charge is -2.28. The van der Waals surface area contributed by atoms with Crippen molar-refractivity contribution in [1.82, 2.24) is 10.3 Å². The fourth-order valence-electron chi connectivity index (χ4n) is 2.59. The van der Waals surface area contributed by atoms with Crippen LogP contribution in [0.4, 0.5) is 10.8 Å². The molecule has 21 heavy (non-hydrogen) atoms. The fourth-order valence-corrected chi connectivity index (χ4v) is 3.48. The van der Waals surface area contributed by atoms with Gasteiger partial charge >= 0.3 is 0 Å². The molecule has 4 heteroatoms. The molecule has 3 rings (SSSR count). The lowest BCUT2D eigenvalue weighted by Crippen LogP contribution is -2.34. The van der Waals surface area contributed by atoms with Gasteiger partial charge in [-0.15, -0.1) is 11.3 Å². The number of aryl methyl sites for hydroxylation is 1. The molecule has 1 aliphatic rings. The zero-order valence-electron chi connectivity index (χ0n) is 13.0. The van der Waals surface area contributed by atoms with Gasteiger partial charge in [-0.3, -0.25) is 0 Å². The van der Waals surface area contributed by atoms with Crippen LogP contribution < -0.4 is 10.2 Å². The Hall–Kier alpha value is -1.39. The van der Waals surface area contributed by atoms with E-state index in [4.69, 9.17) is 0 Å². The van der Waals surface area contributed by atoms with E-state index in [0.717, 1.165) is 18.2 Å². The number of fused-ring (bicyclic) bond motifs is 1. The lowest BCUT2D eigenvalue weighted by molar-refractivity contribution is 0.426. The van der Waals surface area contributed by atoms with Gasteiger partial charge in [0.2, 0.25) is 0 Å². The van der Waals surface area contributed by atoms with Gasteiger partial charge in [0, 0.05) is 35.4 Å². The summed E-state index contributed by atoms with van der Waals surface area (Å²) in [5, 5.41) is 4.64. The molecule has 0 aliphatic carbocycles. The number of para-hydroxylation sites is 1. The first-order chi connectivity index (χ1) is 10.0. The molecular formula is C17H23N3S. The Bertz CT molecular complexity index is 612. The zero-order chi connectivity index (χ0) is 14.9. The van der Waals surface area contributed by atoms with Crippen molar-refractivity contribution in [3.63, 3.8) is 0 Å². The van der Waals surface area contributed by atoms with Crippen LogP contribution in [0, 0.1) is 0 Å². The summed E-state index contributed by atoms with van der Waals surface area (Å²) in [7, 11) is 0. The standard InChI is InChI=1S/C17H23N3S/c1-17(2,3)19-12-14-11-18-16(21-14)20-10-6-8-13-7-4-5-9-15(13)20/h4-5,7,9,11,19H,6,8,10,12H2,1-3H3. The van der Waals surface area contributed by atoms with Crippen LogP contribution in [0.2, 0.25) is 0 Å². The largest absolute Gasteiger partial charge is 0.318 e. The molecule has 0 unspecified atom stereocenters. The summed E-state index contributed by atoms with van der Waals surface area (Å²) in [5.74, 6) is 0. The zero-order valence-corrected chi connectivity index (χ0v) is 13.8. The highest BCUT2D eigenvalue weighted by atomic mass is 32.1. The number of hydrogen-bond donors (Lipinski definition) is 1. The van der Waals surface area contributed by atoms with Crippen LogP contribution in [0.1, 0.15) is 37.6 Å². The van der Waals surface area contributed by atoms with Crippen molar-refractivity contribution in [3.8, 4) is 0 Å². The number of anilines is 2. The van der Waals surface area contributed by atoms with Crippen LogP contribution >= 0.6 is 11.3 Å². The summed E-state index contributed by atoms with van der Waals surface area (Å²) in [5.41, 5.74) is 2.91. The molecule has 0 fully saturated rings. The van der Waals surface area contributed by atoms with Gasteiger partial charge in [-0.2, -0.15) is 0 Å². The van der Waals surface area contributed by atoms with E-state index < -0.39 is 0 Å². The molecule has 0 spiro atoms. The van der Waals surface area contributed by atoms with Gasteiger partial charge in [0.05, 0.1) is 0 Å². The maximum absolute atomic E-state index is 4.64. The van der Waals surface area contributed by atoms with Crippen LogP contribution in [0.3, 0.4) is 0 Å². The van der Waals surface area contributed by atoms with Gasteiger partial charge in [-0.05, 0) is 45.2 Å². The normalized spacial score (nSPS) is 15.1. The lowest BCUT2D eigenvalue weighted by atomic mass is 10.0. The van der Waals surface area contributed by atoms with Crippen LogP contribution in [-0.2, 0) is 13.0 Å². The van der Waals surface area contributed by atoms with Gasteiger partial charge in [0.25, 0.3) is 0 Å². The summed E-state index contributed by atoms with van der Waals surface area (Å²) in [6.07, 6.45) is 4.39. The van der Waals surface area contributed by atoms with Crippen LogP contribution in [-0.4, -0.2) is 17.1 Å². The summed E-state index contributed by atoms with van der Waals surface area (Å²) < 4.78 is 0. The third kappa shape index (κ3) is 3.44. The second-order valence-electron chi connectivity index (χ2n) is 6.60. The highest BCUT2D eigenvalue weighted by molar-refractivity contribution is 7.15. The summed E-state index contributed by atoms with van der Waals surface area (Å²) >= 11 is 1.80. The molecule has 1 aromatic carbocycles. The quantitative estimate of drug-likeness (QED) is 0.924. The number of aromatic nitrogens is 1. The average molecular weight is 301 g/mol. The average Bonchev–Trinajstić information content (AvgIpc) is 2.92. The minimum atomic E-state index is 0.141. The maximum atomic E-state index is 4.64. The number of benzene rings is 1. The molecule has 0 radical (unpaired) electrons. The van der Waals surface area contributed by atoms with Crippen molar-refractivity contribution >= 4 is 22.2 Å². The van der Waals surface area contributed by atoms with Crippen molar-refractivity contribution in [2.75, 3.05) is 11.4 Å². The molecule has 3 nitrogen and oxygen atoms in total. The molecule has 0 saturated carbocycles. The molecule has 2 heterocycles. The number of hydrogen-bond acceptors (Lipinski definition) is 4. The Morgan fingerprint density at radius 2 is 2.10 bits per heavy atom. The molecule has 1 aromatic heterocycles. The van der Waals surface area contributed by atoms with E-state index in [1.54, 1.807) is 11.3 Å². The number of nitrogens with one attached hydrogen (secondary N) is 1. The highest BCUT2D eigenvalue weighted by Gasteiger charge is 2.20. The van der Waals surface area contributed by atoms with Crippen molar-refractivity contribution in [2.24, 2.45) is 0 Å². The van der Waals surface area contributed by atoms with E-state index in [9.17, 15) is 0 Å². The molecule has 0 amide bonds. The van der Waals surface area contributed by atoms with Crippen molar-refractivity contribution in [2.45, 2.75) is 45.7 Å². The summed E-state index contributed by atoms with van der Waals surface area (Å²) in [6, 6.07) is 8.69. The Morgan fingerprint density at radius 3 is 2.90 bits per heavy atom. The van der Waals surface area contributed by atoms with E-state index in [2.05, 4.69) is 60.2 Å². The van der Waals surface area contributed by atoms with Crippen molar-refractivity contribution in [3.05, 3.63) is 40.9 Å². The second kappa shape index (κ2) is 5.78. The highest BCUT2D eigenvalue weighted by Crippen LogP contribution is 2.35. The number of thiazole rings is 1. The second-order valence-corrected chi connectivity index (χ2v) is 7.69. The van der Waals surface area contributed by atoms with Crippen LogP contribution in [0.5, 0.6) is 0 Å². The van der Waals surface area contributed by atoms with E-state index in [1.165, 1.54) is 29.0 Å². The first kappa shape index (κ1) is 14.5. The van der Waals surface area contributed by atoms with E-state index >= 15 is 0 Å². The van der Waals surface area contributed by atoms with Crippen LogP contribution in [0.25, 0.3) is 0 Å². The predicted molar refractivity (Wildman–Crippen MR) is 90.5 cm³/mol. The molecule has 1 N–H and O–H groups in total. The van der Waals surface area contributed by atoms with Gasteiger partial charge in [-0.1, -0.05) is 18.2 Å². The fraction of sp³-hybridized carbons (Fsp3) is 0.471. The number of nitrogens with zero attached hydrogens (tertiary/aromatic N) is 2. The SMILES string of the molecule is CC(C)(C)NCc1cnc(N2CCCc3ccccc32)s1. The maximum Gasteiger partial charge on any atom is 0.190 e. The third-order valence-electron chi connectivity index (χ3n) is 3.68. The Balaban J connectivity index is 1.78. The Kier molecular flexibility index (Phi) is 4.00.